The van der Waals surface area contributed by atoms with E-state index in [0.29, 0.717) is 0 Å². The lowest BCUT2D eigenvalue weighted by molar-refractivity contribution is -0.395. The molecule has 0 aliphatic carbocycles. The average Bonchev–Trinajstić information content (AvgIpc) is 2.66. The van der Waals surface area contributed by atoms with Crippen molar-refractivity contribution in [2.45, 2.75) is 20.5 Å². The molecular formula is C18H16N2O8. The third kappa shape index (κ3) is 4.47. The van der Waals surface area contributed by atoms with Gasteiger partial charge in [0.05, 0.1) is 27.6 Å². The van der Waals surface area contributed by atoms with Crippen molar-refractivity contribution < 1.29 is 28.9 Å². The van der Waals surface area contributed by atoms with Crippen molar-refractivity contribution in [2.24, 2.45) is 0 Å². The Labute approximate surface area is 159 Å². The first-order valence-electron chi connectivity index (χ1n) is 8.11. The molecule has 0 bridgehead atoms. The van der Waals surface area contributed by atoms with Gasteiger partial charge >= 0.3 is 11.9 Å². The zero-order valence-corrected chi connectivity index (χ0v) is 15.0. The molecule has 0 saturated heterocycles. The Morgan fingerprint density at radius 3 is 1.82 bits per heavy atom. The van der Waals surface area contributed by atoms with Crippen molar-refractivity contribution in [1.29, 1.82) is 0 Å². The van der Waals surface area contributed by atoms with Crippen molar-refractivity contribution in [3.8, 4) is 0 Å². The Balaban J connectivity index is 2.28. The Kier molecular flexibility index (Phi) is 6.38. The lowest BCUT2D eigenvalue weighted by atomic mass is 10.1. The molecule has 10 nitrogen and oxygen atoms in total. The zero-order chi connectivity index (χ0) is 20.8. The molecule has 0 atom stereocenters. The average molecular weight is 388 g/mol. The van der Waals surface area contributed by atoms with E-state index in [4.69, 9.17) is 9.47 Å². The summed E-state index contributed by atoms with van der Waals surface area (Å²) in [5.41, 5.74) is -0.963. The second-order valence-corrected chi connectivity index (χ2v) is 5.62. The largest absolute Gasteiger partial charge is 0.462 e. The number of hydrogen-bond donors (Lipinski definition) is 0. The monoisotopic (exact) mass is 388 g/mol. The minimum absolute atomic E-state index is 0.00946. The number of carbonyl (C=O) groups is 2. The highest BCUT2D eigenvalue weighted by atomic mass is 16.6. The van der Waals surface area contributed by atoms with E-state index in [-0.39, 0.29) is 28.9 Å². The van der Waals surface area contributed by atoms with Gasteiger partial charge in [0.15, 0.2) is 0 Å². The Hall–Kier alpha value is -3.82. The van der Waals surface area contributed by atoms with Crippen molar-refractivity contribution in [2.75, 3.05) is 6.61 Å². The minimum Gasteiger partial charge on any atom is -0.462 e. The van der Waals surface area contributed by atoms with E-state index in [0.717, 1.165) is 12.1 Å². The molecule has 0 radical (unpaired) electrons. The van der Waals surface area contributed by atoms with Crippen LogP contribution in [0.3, 0.4) is 0 Å². The third-order valence-electron chi connectivity index (χ3n) is 3.82. The van der Waals surface area contributed by atoms with Crippen LogP contribution in [0.5, 0.6) is 0 Å². The lowest BCUT2D eigenvalue weighted by Crippen LogP contribution is -2.14. The maximum absolute atomic E-state index is 12.4. The van der Waals surface area contributed by atoms with Crippen LogP contribution in [0, 0.1) is 27.2 Å². The van der Waals surface area contributed by atoms with E-state index in [1.807, 2.05) is 0 Å². The highest BCUT2D eigenvalue weighted by Gasteiger charge is 2.24. The summed E-state index contributed by atoms with van der Waals surface area (Å²) in [6.07, 6.45) is 0. The fourth-order valence-electron chi connectivity index (χ4n) is 2.48. The van der Waals surface area contributed by atoms with Crippen LogP contribution in [0.25, 0.3) is 0 Å². The molecule has 0 spiro atoms. The third-order valence-corrected chi connectivity index (χ3v) is 3.82. The SMILES string of the molecule is CCOC(=O)c1ccccc1C(=O)OCc1cc([N+](=O)[O-])c(C)c([N+](=O)[O-])c1. The number of carbonyl (C=O) groups excluding carboxylic acids is 2. The molecule has 0 amide bonds. The number of nitro groups is 2. The molecule has 0 aromatic heterocycles. The standard InChI is InChI=1S/C18H16N2O8/c1-3-27-17(21)13-6-4-5-7-14(13)18(22)28-10-12-8-15(19(23)24)11(2)16(9-12)20(25)26/h4-9H,3,10H2,1-2H3. The zero-order valence-electron chi connectivity index (χ0n) is 15.0. The number of esters is 2. The number of ether oxygens (including phenoxy) is 2. The molecule has 0 unspecified atom stereocenters. The highest BCUT2D eigenvalue weighted by molar-refractivity contribution is 6.03. The predicted molar refractivity (Wildman–Crippen MR) is 96.0 cm³/mol. The molecule has 0 fully saturated rings. The van der Waals surface area contributed by atoms with Crippen molar-refractivity contribution >= 4 is 23.3 Å². The minimum atomic E-state index is -0.866. The van der Waals surface area contributed by atoms with Gasteiger partial charge in [0.1, 0.15) is 12.2 Å². The van der Waals surface area contributed by atoms with Crippen molar-refractivity contribution in [3.05, 3.63) is 78.9 Å². The number of nitro benzene ring substituents is 2. The molecule has 146 valence electrons. The van der Waals surface area contributed by atoms with Crippen LogP contribution < -0.4 is 0 Å². The summed E-state index contributed by atoms with van der Waals surface area (Å²) < 4.78 is 9.98. The van der Waals surface area contributed by atoms with Crippen LogP contribution >= 0.6 is 0 Å². The Morgan fingerprint density at radius 1 is 0.929 bits per heavy atom. The second-order valence-electron chi connectivity index (χ2n) is 5.62. The first kappa shape index (κ1) is 20.5. The fraction of sp³-hybridized carbons (Fsp3) is 0.222. The Morgan fingerprint density at radius 2 is 1.39 bits per heavy atom. The summed E-state index contributed by atoms with van der Waals surface area (Å²) in [6.45, 7) is 2.56. The fourth-order valence-corrected chi connectivity index (χ4v) is 2.48. The number of hydrogen-bond acceptors (Lipinski definition) is 8. The van der Waals surface area contributed by atoms with Gasteiger partial charge in [-0.15, -0.1) is 0 Å². The van der Waals surface area contributed by atoms with Gasteiger partial charge in [-0.2, -0.15) is 0 Å². The number of benzene rings is 2. The molecule has 0 saturated carbocycles. The Bertz CT molecular complexity index is 919. The van der Waals surface area contributed by atoms with Gasteiger partial charge in [-0.25, -0.2) is 9.59 Å². The van der Waals surface area contributed by atoms with E-state index in [1.54, 1.807) is 13.0 Å². The van der Waals surface area contributed by atoms with Gasteiger partial charge in [-0.3, -0.25) is 20.2 Å². The van der Waals surface area contributed by atoms with Crippen LogP contribution in [0.2, 0.25) is 0 Å². The highest BCUT2D eigenvalue weighted by Crippen LogP contribution is 2.29. The summed E-state index contributed by atoms with van der Waals surface area (Å²) in [4.78, 5) is 45.0. The molecule has 0 heterocycles. The van der Waals surface area contributed by atoms with Crippen LogP contribution in [-0.4, -0.2) is 28.4 Å². The molecule has 2 rings (SSSR count). The first-order chi connectivity index (χ1) is 13.3. The molecule has 10 heteroatoms. The number of nitrogens with zero attached hydrogens (tertiary/aromatic N) is 2. The van der Waals surface area contributed by atoms with Crippen LogP contribution in [0.4, 0.5) is 11.4 Å². The van der Waals surface area contributed by atoms with E-state index in [9.17, 15) is 29.8 Å². The van der Waals surface area contributed by atoms with E-state index in [1.165, 1.54) is 25.1 Å². The molecule has 2 aromatic rings. The van der Waals surface area contributed by atoms with E-state index in [2.05, 4.69) is 0 Å². The predicted octanol–water partition coefficient (Wildman–Crippen LogP) is 3.35. The normalized spacial score (nSPS) is 10.2. The van der Waals surface area contributed by atoms with E-state index >= 15 is 0 Å². The molecular weight excluding hydrogens is 372 g/mol. The second kappa shape index (κ2) is 8.71. The summed E-state index contributed by atoms with van der Waals surface area (Å²) in [6, 6.07) is 8.06. The summed E-state index contributed by atoms with van der Waals surface area (Å²) in [5, 5.41) is 22.2. The van der Waals surface area contributed by atoms with Crippen LogP contribution in [0.15, 0.2) is 36.4 Å². The van der Waals surface area contributed by atoms with E-state index < -0.39 is 39.8 Å². The lowest BCUT2D eigenvalue weighted by Gasteiger charge is -2.09. The molecule has 0 aliphatic rings. The summed E-state index contributed by atoms with van der Waals surface area (Å²) in [5.74, 6) is -1.56. The van der Waals surface area contributed by atoms with Crippen LogP contribution in [0.1, 0.15) is 38.8 Å². The van der Waals surface area contributed by atoms with Gasteiger partial charge < -0.3 is 9.47 Å². The maximum atomic E-state index is 12.4. The molecule has 2 aromatic carbocycles. The van der Waals surface area contributed by atoms with Crippen LogP contribution in [-0.2, 0) is 16.1 Å². The van der Waals surface area contributed by atoms with Gasteiger partial charge in [-0.1, -0.05) is 12.1 Å². The first-order valence-corrected chi connectivity index (χ1v) is 8.11. The smallest absolute Gasteiger partial charge is 0.339 e. The quantitative estimate of drug-likeness (QED) is 0.400. The molecule has 28 heavy (non-hydrogen) atoms. The summed E-state index contributed by atoms with van der Waals surface area (Å²) in [7, 11) is 0. The van der Waals surface area contributed by atoms with Gasteiger partial charge in [-0.05, 0) is 26.0 Å². The number of rotatable bonds is 7. The van der Waals surface area contributed by atoms with Gasteiger partial charge in [0, 0.05) is 17.7 Å². The topological polar surface area (TPSA) is 139 Å². The molecule has 0 N–H and O–H groups in total. The summed E-state index contributed by atoms with van der Waals surface area (Å²) >= 11 is 0. The van der Waals surface area contributed by atoms with Crippen molar-refractivity contribution in [1.82, 2.24) is 0 Å². The molecule has 0 aliphatic heterocycles. The van der Waals surface area contributed by atoms with Gasteiger partial charge in [0.25, 0.3) is 11.4 Å². The van der Waals surface area contributed by atoms with Gasteiger partial charge in [0.2, 0.25) is 0 Å². The maximum Gasteiger partial charge on any atom is 0.339 e. The van der Waals surface area contributed by atoms with Crippen molar-refractivity contribution in [3.63, 3.8) is 0 Å².